The Morgan fingerprint density at radius 1 is 1.45 bits per heavy atom. The Hall–Kier alpha value is -2.14. The lowest BCUT2D eigenvalue weighted by Gasteiger charge is -2.14. The molecule has 2 rings (SSSR count). The van der Waals surface area contributed by atoms with Gasteiger partial charge in [0.15, 0.2) is 5.78 Å². The number of ketones is 1. The van der Waals surface area contributed by atoms with Crippen LogP contribution >= 0.6 is 0 Å². The molecule has 0 saturated heterocycles. The topological polar surface area (TPSA) is 81.1 Å². The van der Waals surface area contributed by atoms with Crippen molar-refractivity contribution in [2.24, 2.45) is 0 Å². The van der Waals surface area contributed by atoms with E-state index in [1.54, 1.807) is 56.0 Å². The van der Waals surface area contributed by atoms with Crippen LogP contribution in [0.3, 0.4) is 0 Å². The molecule has 0 aliphatic carbocycles. The third kappa shape index (κ3) is 2.72. The van der Waals surface area contributed by atoms with Crippen molar-refractivity contribution in [1.82, 2.24) is 9.78 Å². The Labute approximate surface area is 118 Å². The lowest BCUT2D eigenvalue weighted by atomic mass is 10.0. The van der Waals surface area contributed by atoms with Crippen LogP contribution in [-0.4, -0.2) is 20.7 Å². The Balaban J connectivity index is 2.52. The number of carbonyl (C=O) groups is 1. The minimum Gasteiger partial charge on any atom is -0.399 e. The number of aromatic nitrogens is 2. The Bertz CT molecular complexity index is 639. The summed E-state index contributed by atoms with van der Waals surface area (Å²) < 4.78 is 1.59. The van der Waals surface area contributed by atoms with Crippen LogP contribution < -0.4 is 5.73 Å². The molecular weight excluding hydrogens is 254 g/mol. The van der Waals surface area contributed by atoms with E-state index < -0.39 is 5.60 Å². The van der Waals surface area contributed by atoms with Crippen LogP contribution in [0, 0.1) is 0 Å². The monoisotopic (exact) mass is 273 g/mol. The molecule has 0 spiro atoms. The molecular formula is C15H19N3O2. The van der Waals surface area contributed by atoms with Gasteiger partial charge in [-0.05, 0) is 32.0 Å². The molecule has 0 atom stereocenters. The van der Waals surface area contributed by atoms with Gasteiger partial charge < -0.3 is 10.8 Å². The maximum absolute atomic E-state index is 12.0. The highest BCUT2D eigenvalue weighted by molar-refractivity contribution is 6.00. The normalized spacial score (nSPS) is 11.6. The van der Waals surface area contributed by atoms with Gasteiger partial charge in [-0.15, -0.1) is 0 Å². The molecule has 0 aliphatic heterocycles. The van der Waals surface area contributed by atoms with Crippen molar-refractivity contribution in [3.8, 4) is 5.69 Å². The average molecular weight is 273 g/mol. The molecule has 1 heterocycles. The highest BCUT2D eigenvalue weighted by Crippen LogP contribution is 2.23. The standard InChI is InChI=1S/C15H19N3O2/c1-4-14(19)12-7-11(16)5-6-13(12)18-9-10(8-17-18)15(2,3)20/h5-9,20H,4,16H2,1-3H3. The largest absolute Gasteiger partial charge is 0.399 e. The molecule has 0 amide bonds. The second-order valence-electron chi connectivity index (χ2n) is 5.29. The number of rotatable bonds is 4. The second-order valence-corrected chi connectivity index (χ2v) is 5.29. The number of nitrogens with two attached hydrogens (primary N) is 1. The zero-order chi connectivity index (χ0) is 14.9. The van der Waals surface area contributed by atoms with Crippen LogP contribution in [0.1, 0.15) is 43.1 Å². The number of Topliss-reactive ketones (excluding diaryl/α,β-unsaturated/α-hetero) is 1. The minimum absolute atomic E-state index is 0.00705. The highest BCUT2D eigenvalue weighted by atomic mass is 16.3. The third-order valence-electron chi connectivity index (χ3n) is 3.18. The maximum Gasteiger partial charge on any atom is 0.164 e. The zero-order valence-electron chi connectivity index (χ0n) is 11.9. The molecule has 0 aliphatic rings. The summed E-state index contributed by atoms with van der Waals surface area (Å²) in [5, 5.41) is 14.2. The van der Waals surface area contributed by atoms with Crippen LogP contribution in [0.25, 0.3) is 5.69 Å². The van der Waals surface area contributed by atoms with E-state index in [0.717, 1.165) is 0 Å². The first-order valence-corrected chi connectivity index (χ1v) is 6.53. The van der Waals surface area contributed by atoms with Crippen molar-refractivity contribution in [3.05, 3.63) is 41.7 Å². The Kier molecular flexibility index (Phi) is 3.63. The van der Waals surface area contributed by atoms with Crippen molar-refractivity contribution in [2.45, 2.75) is 32.8 Å². The van der Waals surface area contributed by atoms with Gasteiger partial charge in [0.05, 0.1) is 17.5 Å². The minimum atomic E-state index is -0.971. The summed E-state index contributed by atoms with van der Waals surface area (Å²) in [4.78, 5) is 12.0. The van der Waals surface area contributed by atoms with Crippen LogP contribution in [0.4, 0.5) is 5.69 Å². The number of hydrogen-bond donors (Lipinski definition) is 2. The molecule has 0 unspecified atom stereocenters. The highest BCUT2D eigenvalue weighted by Gasteiger charge is 2.19. The molecule has 20 heavy (non-hydrogen) atoms. The molecule has 1 aromatic carbocycles. The summed E-state index contributed by atoms with van der Waals surface area (Å²) in [7, 11) is 0. The fourth-order valence-electron chi connectivity index (χ4n) is 1.94. The molecule has 5 nitrogen and oxygen atoms in total. The van der Waals surface area contributed by atoms with Gasteiger partial charge in [-0.1, -0.05) is 6.92 Å². The first-order chi connectivity index (χ1) is 9.32. The van der Waals surface area contributed by atoms with Gasteiger partial charge in [0.25, 0.3) is 0 Å². The van der Waals surface area contributed by atoms with E-state index in [9.17, 15) is 9.90 Å². The average Bonchev–Trinajstić information content (AvgIpc) is 2.87. The fraction of sp³-hybridized carbons (Fsp3) is 0.333. The van der Waals surface area contributed by atoms with Gasteiger partial charge in [-0.25, -0.2) is 4.68 Å². The maximum atomic E-state index is 12.0. The molecule has 0 radical (unpaired) electrons. The summed E-state index contributed by atoms with van der Waals surface area (Å²) >= 11 is 0. The Morgan fingerprint density at radius 3 is 2.70 bits per heavy atom. The van der Waals surface area contributed by atoms with Crippen molar-refractivity contribution in [3.63, 3.8) is 0 Å². The van der Waals surface area contributed by atoms with Gasteiger partial charge in [0, 0.05) is 29.4 Å². The Morgan fingerprint density at radius 2 is 2.15 bits per heavy atom. The number of anilines is 1. The first-order valence-electron chi connectivity index (χ1n) is 6.53. The van der Waals surface area contributed by atoms with Crippen molar-refractivity contribution in [1.29, 1.82) is 0 Å². The molecule has 0 saturated carbocycles. The van der Waals surface area contributed by atoms with Crippen LogP contribution in [-0.2, 0) is 5.60 Å². The zero-order valence-corrected chi connectivity index (χ0v) is 11.9. The van der Waals surface area contributed by atoms with E-state index in [4.69, 9.17) is 5.73 Å². The van der Waals surface area contributed by atoms with E-state index in [1.165, 1.54) is 0 Å². The van der Waals surface area contributed by atoms with Crippen molar-refractivity contribution < 1.29 is 9.90 Å². The summed E-state index contributed by atoms with van der Waals surface area (Å²) in [6.07, 6.45) is 3.71. The van der Waals surface area contributed by atoms with Gasteiger partial charge in [0.2, 0.25) is 0 Å². The van der Waals surface area contributed by atoms with E-state index in [-0.39, 0.29) is 5.78 Å². The molecule has 0 fully saturated rings. The lowest BCUT2D eigenvalue weighted by Crippen LogP contribution is -2.14. The summed E-state index contributed by atoms with van der Waals surface area (Å²) in [5.41, 5.74) is 7.21. The summed E-state index contributed by atoms with van der Waals surface area (Å²) in [6, 6.07) is 5.15. The molecule has 0 bridgehead atoms. The molecule has 106 valence electrons. The number of nitrogens with zero attached hydrogens (tertiary/aromatic N) is 2. The van der Waals surface area contributed by atoms with Crippen LogP contribution in [0.15, 0.2) is 30.6 Å². The van der Waals surface area contributed by atoms with Crippen molar-refractivity contribution >= 4 is 11.5 Å². The van der Waals surface area contributed by atoms with Crippen LogP contribution in [0.5, 0.6) is 0 Å². The summed E-state index contributed by atoms with van der Waals surface area (Å²) in [6.45, 7) is 5.19. The molecule has 5 heteroatoms. The van der Waals surface area contributed by atoms with Crippen molar-refractivity contribution in [2.75, 3.05) is 5.73 Å². The molecule has 2 aromatic rings. The number of nitrogen functional groups attached to an aromatic ring is 1. The lowest BCUT2D eigenvalue weighted by molar-refractivity contribution is 0.0785. The molecule has 3 N–H and O–H groups in total. The van der Waals surface area contributed by atoms with Crippen LogP contribution in [0.2, 0.25) is 0 Å². The van der Waals surface area contributed by atoms with Gasteiger partial charge in [-0.3, -0.25) is 4.79 Å². The summed E-state index contributed by atoms with van der Waals surface area (Å²) in [5.74, 6) is 0.00705. The number of benzene rings is 1. The fourth-order valence-corrected chi connectivity index (χ4v) is 1.94. The predicted molar refractivity (Wildman–Crippen MR) is 77.8 cm³/mol. The number of carbonyl (C=O) groups excluding carboxylic acids is 1. The molecule has 1 aromatic heterocycles. The predicted octanol–water partition coefficient (Wildman–Crippen LogP) is 2.27. The van der Waals surface area contributed by atoms with E-state index in [1.807, 2.05) is 0 Å². The van der Waals surface area contributed by atoms with E-state index in [0.29, 0.717) is 28.9 Å². The third-order valence-corrected chi connectivity index (χ3v) is 3.18. The van der Waals surface area contributed by atoms with Gasteiger partial charge in [-0.2, -0.15) is 5.10 Å². The van der Waals surface area contributed by atoms with E-state index >= 15 is 0 Å². The first kappa shape index (κ1) is 14.3. The second kappa shape index (κ2) is 5.09. The van der Waals surface area contributed by atoms with Gasteiger partial charge in [0.1, 0.15) is 0 Å². The quantitative estimate of drug-likeness (QED) is 0.661. The number of hydrogen-bond acceptors (Lipinski definition) is 4. The van der Waals surface area contributed by atoms with Gasteiger partial charge >= 0.3 is 0 Å². The SMILES string of the molecule is CCC(=O)c1cc(N)ccc1-n1cc(C(C)(C)O)cn1. The smallest absolute Gasteiger partial charge is 0.164 e. The number of aliphatic hydroxyl groups is 1. The van der Waals surface area contributed by atoms with E-state index in [2.05, 4.69) is 5.10 Å².